The largest absolute Gasteiger partial charge is 0.468 e. The van der Waals surface area contributed by atoms with Gasteiger partial charge in [-0.15, -0.1) is 0 Å². The Kier molecular flexibility index (Phi) is 4.62. The molecule has 0 radical (unpaired) electrons. The molecule has 0 saturated carbocycles. The summed E-state index contributed by atoms with van der Waals surface area (Å²) in [6.07, 6.45) is 1.46. The van der Waals surface area contributed by atoms with Gasteiger partial charge in [0.1, 0.15) is 11.5 Å². The van der Waals surface area contributed by atoms with E-state index >= 15 is 0 Å². The number of anilines is 1. The summed E-state index contributed by atoms with van der Waals surface area (Å²) >= 11 is 5.85. The van der Waals surface area contributed by atoms with Crippen molar-refractivity contribution in [1.82, 2.24) is 0 Å². The first kappa shape index (κ1) is 14.8. The van der Waals surface area contributed by atoms with E-state index in [0.29, 0.717) is 21.4 Å². The van der Waals surface area contributed by atoms with Crippen LogP contribution in [0.1, 0.15) is 11.3 Å². The average molecular weight is 312 g/mol. The zero-order chi connectivity index (χ0) is 14.7. The Morgan fingerprint density at radius 1 is 1.35 bits per heavy atom. The van der Waals surface area contributed by atoms with E-state index in [1.165, 1.54) is 6.26 Å². The van der Waals surface area contributed by atoms with Gasteiger partial charge in [0.15, 0.2) is 0 Å². The van der Waals surface area contributed by atoms with Gasteiger partial charge in [-0.05, 0) is 43.7 Å². The number of rotatable bonds is 4. The molecule has 1 aromatic heterocycles. The fourth-order valence-electron chi connectivity index (χ4n) is 1.76. The van der Waals surface area contributed by atoms with Crippen molar-refractivity contribution in [3.8, 4) is 0 Å². The lowest BCUT2D eigenvalue weighted by Gasteiger charge is -2.08. The van der Waals surface area contributed by atoms with Crippen LogP contribution in [0.4, 0.5) is 5.69 Å². The number of benzene rings is 1. The van der Waals surface area contributed by atoms with Gasteiger partial charge in [0, 0.05) is 10.7 Å². The van der Waals surface area contributed by atoms with Crippen LogP contribution in [0.3, 0.4) is 0 Å². The van der Waals surface area contributed by atoms with Gasteiger partial charge in [0.25, 0.3) is 0 Å². The van der Waals surface area contributed by atoms with Crippen LogP contribution in [0.15, 0.2) is 39.8 Å². The van der Waals surface area contributed by atoms with E-state index in [9.17, 15) is 9.00 Å². The maximum atomic E-state index is 12.0. The lowest BCUT2D eigenvalue weighted by Crippen LogP contribution is -2.20. The fourth-order valence-corrected chi connectivity index (χ4v) is 3.03. The van der Waals surface area contributed by atoms with Gasteiger partial charge in [-0.2, -0.15) is 0 Å². The van der Waals surface area contributed by atoms with Crippen LogP contribution in [0, 0.1) is 13.8 Å². The number of nitrogens with one attached hydrogen (secondary N) is 1. The van der Waals surface area contributed by atoms with E-state index in [4.69, 9.17) is 16.0 Å². The summed E-state index contributed by atoms with van der Waals surface area (Å²) in [5, 5.41) is 3.34. The Balaban J connectivity index is 2.03. The summed E-state index contributed by atoms with van der Waals surface area (Å²) in [6.45, 7) is 3.56. The third-order valence-electron chi connectivity index (χ3n) is 2.78. The molecule has 1 N–H and O–H groups in total. The predicted octanol–water partition coefficient (Wildman–Crippen LogP) is 3.30. The smallest absolute Gasteiger partial charge is 0.237 e. The number of halogens is 1. The zero-order valence-electron chi connectivity index (χ0n) is 11.1. The molecule has 0 aliphatic heterocycles. The highest BCUT2D eigenvalue weighted by atomic mass is 35.5. The Morgan fingerprint density at radius 3 is 2.70 bits per heavy atom. The molecule has 0 aliphatic rings. The average Bonchev–Trinajstić information content (AvgIpc) is 2.79. The molecular weight excluding hydrogens is 298 g/mol. The third kappa shape index (κ3) is 3.49. The number of carbonyl (C=O) groups excluding carboxylic acids is 1. The molecule has 1 aromatic carbocycles. The standard InChI is InChI=1S/C14H14ClNO3S/c1-9-7-11(15)3-4-12(9)16-14(17)8-20(18)13-5-6-19-10(13)2/h3-7H,8H2,1-2H3,(H,16,17)/t20-/m1/s1. The highest BCUT2D eigenvalue weighted by Crippen LogP contribution is 2.20. The SMILES string of the molecule is Cc1cc(Cl)ccc1NC(=O)C[S@@](=O)c1ccoc1C. The second-order valence-electron chi connectivity index (χ2n) is 4.34. The number of hydrogen-bond donors (Lipinski definition) is 1. The molecule has 1 heterocycles. The van der Waals surface area contributed by atoms with Gasteiger partial charge in [0.2, 0.25) is 5.91 Å². The summed E-state index contributed by atoms with van der Waals surface area (Å²) in [7, 11) is -1.41. The minimum atomic E-state index is -1.41. The quantitative estimate of drug-likeness (QED) is 0.942. The molecule has 1 amide bonds. The van der Waals surface area contributed by atoms with Gasteiger partial charge in [-0.1, -0.05) is 11.6 Å². The minimum absolute atomic E-state index is 0.109. The van der Waals surface area contributed by atoms with E-state index in [1.807, 2.05) is 6.92 Å². The lowest BCUT2D eigenvalue weighted by atomic mass is 10.2. The predicted molar refractivity (Wildman–Crippen MR) is 79.5 cm³/mol. The van der Waals surface area contributed by atoms with Gasteiger partial charge in [-0.25, -0.2) is 0 Å². The second kappa shape index (κ2) is 6.24. The van der Waals surface area contributed by atoms with Crippen LogP contribution in [0.25, 0.3) is 0 Å². The summed E-state index contributed by atoms with van der Waals surface area (Å²) < 4.78 is 17.1. The zero-order valence-corrected chi connectivity index (χ0v) is 12.7. The van der Waals surface area contributed by atoms with Crippen molar-refractivity contribution in [2.75, 3.05) is 11.1 Å². The minimum Gasteiger partial charge on any atom is -0.468 e. The molecule has 0 saturated heterocycles. The van der Waals surface area contributed by atoms with Crippen molar-refractivity contribution in [2.45, 2.75) is 18.7 Å². The Hall–Kier alpha value is -1.59. The number of aryl methyl sites for hydroxylation is 2. The van der Waals surface area contributed by atoms with E-state index in [2.05, 4.69) is 5.32 Å². The van der Waals surface area contributed by atoms with Crippen molar-refractivity contribution in [3.05, 3.63) is 46.9 Å². The van der Waals surface area contributed by atoms with Crippen molar-refractivity contribution >= 4 is 34.0 Å². The first-order valence-electron chi connectivity index (χ1n) is 5.96. The molecule has 0 spiro atoms. The monoisotopic (exact) mass is 311 g/mol. The molecule has 20 heavy (non-hydrogen) atoms. The normalized spacial score (nSPS) is 12.2. The summed E-state index contributed by atoms with van der Waals surface area (Å²) in [6, 6.07) is 6.80. The van der Waals surface area contributed by atoms with Crippen molar-refractivity contribution in [2.24, 2.45) is 0 Å². The second-order valence-corrected chi connectivity index (χ2v) is 6.19. The molecule has 0 aliphatic carbocycles. The molecular formula is C14H14ClNO3S. The molecule has 2 aromatic rings. The number of carbonyl (C=O) groups is 1. The summed E-state index contributed by atoms with van der Waals surface area (Å²) in [5.74, 6) is 0.149. The van der Waals surface area contributed by atoms with E-state index in [0.717, 1.165) is 5.56 Å². The van der Waals surface area contributed by atoms with Gasteiger partial charge in [0.05, 0.1) is 22.0 Å². The highest BCUT2D eigenvalue weighted by molar-refractivity contribution is 7.85. The van der Waals surface area contributed by atoms with Gasteiger partial charge >= 0.3 is 0 Å². The number of furan rings is 1. The van der Waals surface area contributed by atoms with E-state index < -0.39 is 10.8 Å². The third-order valence-corrected chi connectivity index (χ3v) is 4.45. The number of hydrogen-bond acceptors (Lipinski definition) is 3. The summed E-state index contributed by atoms with van der Waals surface area (Å²) in [4.78, 5) is 12.4. The van der Waals surface area contributed by atoms with Crippen molar-refractivity contribution in [1.29, 1.82) is 0 Å². The molecule has 4 nitrogen and oxygen atoms in total. The van der Waals surface area contributed by atoms with Crippen molar-refractivity contribution < 1.29 is 13.4 Å². The molecule has 106 valence electrons. The van der Waals surface area contributed by atoms with E-state index in [-0.39, 0.29) is 11.7 Å². The molecule has 0 bridgehead atoms. The van der Waals surface area contributed by atoms with Gasteiger partial charge in [-0.3, -0.25) is 9.00 Å². The Labute approximate surface area is 124 Å². The Morgan fingerprint density at radius 2 is 2.10 bits per heavy atom. The Bertz CT molecular complexity index is 666. The maximum Gasteiger partial charge on any atom is 0.237 e. The lowest BCUT2D eigenvalue weighted by molar-refractivity contribution is -0.113. The first-order chi connectivity index (χ1) is 9.47. The van der Waals surface area contributed by atoms with Crippen LogP contribution in [-0.2, 0) is 15.6 Å². The molecule has 1 atom stereocenters. The van der Waals surface area contributed by atoms with Crippen LogP contribution in [0.2, 0.25) is 5.02 Å². The maximum absolute atomic E-state index is 12.0. The number of amides is 1. The van der Waals surface area contributed by atoms with Crippen molar-refractivity contribution in [3.63, 3.8) is 0 Å². The van der Waals surface area contributed by atoms with Crippen LogP contribution in [0.5, 0.6) is 0 Å². The molecule has 2 rings (SSSR count). The van der Waals surface area contributed by atoms with Crippen LogP contribution in [-0.4, -0.2) is 15.9 Å². The highest BCUT2D eigenvalue weighted by Gasteiger charge is 2.14. The van der Waals surface area contributed by atoms with Crippen LogP contribution < -0.4 is 5.32 Å². The van der Waals surface area contributed by atoms with E-state index in [1.54, 1.807) is 31.2 Å². The van der Waals surface area contributed by atoms with Crippen LogP contribution >= 0.6 is 11.6 Å². The fraction of sp³-hybridized carbons (Fsp3) is 0.214. The molecule has 0 unspecified atom stereocenters. The topological polar surface area (TPSA) is 59.3 Å². The molecule has 0 fully saturated rings. The first-order valence-corrected chi connectivity index (χ1v) is 7.65. The van der Waals surface area contributed by atoms with Gasteiger partial charge < -0.3 is 9.73 Å². The molecule has 6 heteroatoms. The summed E-state index contributed by atoms with van der Waals surface area (Å²) in [5.41, 5.74) is 1.52.